The highest BCUT2D eigenvalue weighted by Gasteiger charge is 2.13. The lowest BCUT2D eigenvalue weighted by Gasteiger charge is -2.05. The normalized spacial score (nSPS) is 12.5. The fraction of sp³-hybridized carbons (Fsp3) is 0.263. The lowest BCUT2D eigenvalue weighted by atomic mass is 10.2. The maximum atomic E-state index is 12.7. The lowest BCUT2D eigenvalue weighted by Crippen LogP contribution is -2.18. The van der Waals surface area contributed by atoms with Gasteiger partial charge in [-0.1, -0.05) is 17.4 Å². The third-order valence-electron chi connectivity index (χ3n) is 4.12. The number of nitrogens with zero attached hydrogens (tertiary/aromatic N) is 2. The summed E-state index contributed by atoms with van der Waals surface area (Å²) in [5, 5.41) is 0. The van der Waals surface area contributed by atoms with Crippen LogP contribution in [0.1, 0.15) is 10.4 Å². The molecular weight excluding hydrogens is 416 g/mol. The number of ether oxygens (including phenoxy) is 1. The minimum absolute atomic E-state index is 0.254. The second kappa shape index (κ2) is 8.50. The molecule has 2 aromatic carbocycles. The van der Waals surface area contributed by atoms with Gasteiger partial charge in [0, 0.05) is 24.1 Å². The number of sulfone groups is 1. The van der Waals surface area contributed by atoms with Crippen LogP contribution in [0.5, 0.6) is 5.75 Å². The third kappa shape index (κ3) is 4.48. The van der Waals surface area contributed by atoms with Gasteiger partial charge >= 0.3 is 0 Å². The minimum Gasteiger partial charge on any atom is -0.497 e. The van der Waals surface area contributed by atoms with Gasteiger partial charge in [-0.05, 0) is 42.7 Å². The molecule has 0 unspecified atom stereocenters. The number of hydrogen-bond donors (Lipinski definition) is 0. The van der Waals surface area contributed by atoms with Crippen molar-refractivity contribution < 1.29 is 17.9 Å². The van der Waals surface area contributed by atoms with Crippen LogP contribution in [0, 0.1) is 0 Å². The number of fused-ring (bicyclic) bond motifs is 1. The molecule has 1 heterocycles. The predicted molar refractivity (Wildman–Crippen MR) is 114 cm³/mol. The largest absolute Gasteiger partial charge is 0.497 e. The molecule has 1 aromatic heterocycles. The maximum Gasteiger partial charge on any atom is 0.279 e. The number of thioether (sulfide) groups is 1. The average molecular weight is 437 g/mol. The number of thiazole rings is 1. The van der Waals surface area contributed by atoms with Crippen molar-refractivity contribution in [2.45, 2.75) is 11.4 Å². The zero-order valence-electron chi connectivity index (χ0n) is 15.7. The summed E-state index contributed by atoms with van der Waals surface area (Å²) >= 11 is 3.00. The first kappa shape index (κ1) is 20.6. The molecule has 3 aromatic rings. The van der Waals surface area contributed by atoms with Gasteiger partial charge in [-0.15, -0.1) is 0 Å². The topological polar surface area (TPSA) is 77.7 Å². The zero-order chi connectivity index (χ0) is 20.3. The Labute approximate surface area is 171 Å². The Balaban J connectivity index is 2.14. The van der Waals surface area contributed by atoms with Crippen molar-refractivity contribution in [3.8, 4) is 5.75 Å². The van der Waals surface area contributed by atoms with Gasteiger partial charge in [-0.25, -0.2) is 8.42 Å². The molecule has 0 fully saturated rings. The van der Waals surface area contributed by atoms with Crippen molar-refractivity contribution in [2.24, 2.45) is 4.99 Å². The molecule has 0 N–H and O–H groups in total. The van der Waals surface area contributed by atoms with Crippen LogP contribution in [0.2, 0.25) is 0 Å². The van der Waals surface area contributed by atoms with Gasteiger partial charge in [-0.3, -0.25) is 4.79 Å². The number of benzene rings is 2. The Bertz CT molecular complexity index is 1190. The number of carbonyl (C=O) groups excluding carboxylic acids is 1. The molecule has 9 heteroatoms. The number of aryl methyl sites for hydroxylation is 1. The van der Waals surface area contributed by atoms with Gasteiger partial charge in [0.25, 0.3) is 5.91 Å². The first-order chi connectivity index (χ1) is 13.3. The predicted octanol–water partition coefficient (Wildman–Crippen LogP) is 3.22. The summed E-state index contributed by atoms with van der Waals surface area (Å²) in [5.41, 5.74) is 1.30. The van der Waals surface area contributed by atoms with Gasteiger partial charge in [0.15, 0.2) is 14.6 Å². The van der Waals surface area contributed by atoms with Gasteiger partial charge in [0.2, 0.25) is 0 Å². The van der Waals surface area contributed by atoms with Crippen molar-refractivity contribution in [3.05, 3.63) is 52.8 Å². The summed E-state index contributed by atoms with van der Waals surface area (Å²) in [7, 11) is -1.76. The first-order valence-corrected chi connectivity index (χ1v) is 12.5. The highest BCUT2D eigenvalue weighted by atomic mass is 32.2. The van der Waals surface area contributed by atoms with E-state index in [0.717, 1.165) is 16.0 Å². The zero-order valence-corrected chi connectivity index (χ0v) is 18.2. The summed E-state index contributed by atoms with van der Waals surface area (Å²) < 4.78 is 31.6. The summed E-state index contributed by atoms with van der Waals surface area (Å²) in [4.78, 5) is 17.8. The molecule has 0 aliphatic rings. The molecule has 1 amide bonds. The van der Waals surface area contributed by atoms with Crippen LogP contribution in [0.15, 0.2) is 52.4 Å². The fourth-order valence-electron chi connectivity index (χ4n) is 2.68. The smallest absolute Gasteiger partial charge is 0.279 e. The van der Waals surface area contributed by atoms with Crippen LogP contribution in [0.3, 0.4) is 0 Å². The average Bonchev–Trinajstić information content (AvgIpc) is 3.01. The molecule has 0 saturated carbocycles. The first-order valence-electron chi connectivity index (χ1n) is 8.39. The van der Waals surface area contributed by atoms with Gasteiger partial charge < -0.3 is 9.30 Å². The van der Waals surface area contributed by atoms with Crippen LogP contribution in [0.4, 0.5) is 0 Å². The van der Waals surface area contributed by atoms with E-state index >= 15 is 0 Å². The Morgan fingerprint density at radius 2 is 2.04 bits per heavy atom. The Hall–Kier alpha value is -2.10. The molecular formula is C19H20N2O4S3. The van der Waals surface area contributed by atoms with Crippen LogP contribution < -0.4 is 9.54 Å². The number of aromatic nitrogens is 1. The second-order valence-corrected chi connectivity index (χ2v) is 10.1. The van der Waals surface area contributed by atoms with E-state index in [-0.39, 0.29) is 10.8 Å². The van der Waals surface area contributed by atoms with E-state index in [9.17, 15) is 13.2 Å². The molecule has 0 radical (unpaired) electrons. The number of hydrogen-bond acceptors (Lipinski definition) is 6. The standard InChI is InChI=1S/C19H20N2O4S3/c1-25-14-6-4-5-13(11-14)18(22)20-19-21(9-10-26-2)16-8-7-15(28(3,23)24)12-17(16)27-19/h4-8,11-12H,9-10H2,1-3H3. The molecule has 0 aliphatic heterocycles. The van der Waals surface area contributed by atoms with E-state index in [1.807, 2.05) is 10.8 Å². The molecule has 148 valence electrons. The van der Waals surface area contributed by atoms with E-state index in [1.165, 1.54) is 17.6 Å². The van der Waals surface area contributed by atoms with Crippen LogP contribution in [-0.2, 0) is 16.4 Å². The second-order valence-electron chi connectivity index (χ2n) is 6.08. The van der Waals surface area contributed by atoms with E-state index in [0.29, 0.717) is 22.7 Å². The maximum absolute atomic E-state index is 12.7. The molecule has 0 atom stereocenters. The lowest BCUT2D eigenvalue weighted by molar-refractivity contribution is 0.0997. The Morgan fingerprint density at radius 1 is 1.25 bits per heavy atom. The number of carbonyl (C=O) groups is 1. The van der Waals surface area contributed by atoms with Gasteiger partial charge in [0.1, 0.15) is 5.75 Å². The third-order valence-corrected chi connectivity index (χ3v) is 6.86. The number of amides is 1. The molecule has 0 bridgehead atoms. The van der Waals surface area contributed by atoms with Crippen LogP contribution in [0.25, 0.3) is 10.2 Å². The molecule has 0 saturated heterocycles. The molecule has 28 heavy (non-hydrogen) atoms. The van der Waals surface area contributed by atoms with E-state index in [2.05, 4.69) is 4.99 Å². The minimum atomic E-state index is -3.31. The van der Waals surface area contributed by atoms with Crippen molar-refractivity contribution >= 4 is 49.1 Å². The monoisotopic (exact) mass is 436 g/mol. The highest BCUT2D eigenvalue weighted by molar-refractivity contribution is 7.98. The van der Waals surface area contributed by atoms with E-state index in [1.54, 1.807) is 61.3 Å². The molecule has 0 aliphatic carbocycles. The number of rotatable bonds is 6. The molecule has 3 rings (SSSR count). The van der Waals surface area contributed by atoms with E-state index in [4.69, 9.17) is 4.74 Å². The Morgan fingerprint density at radius 3 is 2.71 bits per heavy atom. The van der Waals surface area contributed by atoms with Crippen molar-refractivity contribution in [3.63, 3.8) is 0 Å². The highest BCUT2D eigenvalue weighted by Crippen LogP contribution is 2.22. The summed E-state index contributed by atoms with van der Waals surface area (Å²) in [5.74, 6) is 1.07. The SMILES string of the molecule is COc1cccc(C(=O)N=c2sc3cc(S(C)(=O)=O)ccc3n2CCSC)c1. The number of methoxy groups -OCH3 is 1. The van der Waals surface area contributed by atoms with Gasteiger partial charge in [-0.2, -0.15) is 16.8 Å². The van der Waals surface area contributed by atoms with Crippen molar-refractivity contribution in [1.29, 1.82) is 0 Å². The van der Waals surface area contributed by atoms with Crippen LogP contribution in [-0.4, -0.2) is 44.3 Å². The molecule has 6 nitrogen and oxygen atoms in total. The fourth-order valence-corrected chi connectivity index (χ4v) is 4.86. The summed E-state index contributed by atoms with van der Waals surface area (Å²) in [6.07, 6.45) is 3.19. The van der Waals surface area contributed by atoms with Gasteiger partial charge in [0.05, 0.1) is 22.2 Å². The van der Waals surface area contributed by atoms with Crippen LogP contribution >= 0.6 is 23.1 Å². The van der Waals surface area contributed by atoms with Crippen molar-refractivity contribution in [1.82, 2.24) is 4.57 Å². The quantitative estimate of drug-likeness (QED) is 0.593. The Kier molecular flexibility index (Phi) is 6.26. The van der Waals surface area contributed by atoms with E-state index < -0.39 is 9.84 Å². The molecule has 0 spiro atoms. The summed E-state index contributed by atoms with van der Waals surface area (Å²) in [6, 6.07) is 11.8. The van der Waals surface area contributed by atoms with Crippen molar-refractivity contribution in [2.75, 3.05) is 25.4 Å². The summed E-state index contributed by atoms with van der Waals surface area (Å²) in [6.45, 7) is 0.670.